The van der Waals surface area contributed by atoms with Crippen molar-refractivity contribution in [3.8, 4) is 0 Å². The second-order valence-corrected chi connectivity index (χ2v) is 5.95. The Labute approximate surface area is 135 Å². The molecule has 0 aliphatic heterocycles. The molecule has 98 valence electrons. The molecular weight excluding hydrogens is 367 g/mol. The van der Waals surface area contributed by atoms with Gasteiger partial charge in [0.05, 0.1) is 10.7 Å². The van der Waals surface area contributed by atoms with Gasteiger partial charge in [-0.2, -0.15) is 0 Å². The van der Waals surface area contributed by atoms with Crippen molar-refractivity contribution in [2.75, 3.05) is 5.32 Å². The van der Waals surface area contributed by atoms with Gasteiger partial charge in [0.1, 0.15) is 4.99 Å². The molecule has 2 rings (SSSR count). The number of hydrogen-bond acceptors (Lipinski definition) is 2. The van der Waals surface area contributed by atoms with E-state index in [9.17, 15) is 0 Å². The van der Waals surface area contributed by atoms with Crippen LogP contribution in [0.5, 0.6) is 0 Å². The lowest BCUT2D eigenvalue weighted by atomic mass is 10.2. The molecule has 2 nitrogen and oxygen atoms in total. The lowest BCUT2D eigenvalue weighted by Crippen LogP contribution is -2.10. The third kappa shape index (κ3) is 3.60. The van der Waals surface area contributed by atoms with Gasteiger partial charge >= 0.3 is 0 Å². The lowest BCUT2D eigenvalue weighted by molar-refractivity contribution is 1.51. The first-order chi connectivity index (χ1) is 8.97. The van der Waals surface area contributed by atoms with Gasteiger partial charge in [-0.1, -0.05) is 35.4 Å². The lowest BCUT2D eigenvalue weighted by Gasteiger charge is -2.11. The van der Waals surface area contributed by atoms with Crippen molar-refractivity contribution in [1.29, 1.82) is 0 Å². The molecule has 0 saturated heterocycles. The molecule has 0 bridgehead atoms. The van der Waals surface area contributed by atoms with Gasteiger partial charge in [-0.05, 0) is 52.3 Å². The summed E-state index contributed by atoms with van der Waals surface area (Å²) in [6.45, 7) is 0. The first kappa shape index (κ1) is 14.6. The molecule has 0 atom stereocenters. The van der Waals surface area contributed by atoms with E-state index in [4.69, 9.17) is 41.2 Å². The topological polar surface area (TPSA) is 38.0 Å². The van der Waals surface area contributed by atoms with E-state index in [2.05, 4.69) is 21.2 Å². The van der Waals surface area contributed by atoms with Crippen LogP contribution in [-0.4, -0.2) is 4.99 Å². The van der Waals surface area contributed by atoms with Crippen LogP contribution in [0.1, 0.15) is 5.56 Å². The maximum absolute atomic E-state index is 6.09. The molecule has 2 aromatic rings. The maximum atomic E-state index is 6.09. The van der Waals surface area contributed by atoms with Gasteiger partial charge in [-0.25, -0.2) is 0 Å². The predicted octanol–water partition coefficient (Wildman–Crippen LogP) is 5.13. The summed E-state index contributed by atoms with van der Waals surface area (Å²) in [6.07, 6.45) is 0. The number of thiocarbonyl (C=S) groups is 1. The Bertz CT molecular complexity index is 647. The van der Waals surface area contributed by atoms with Crippen molar-refractivity contribution >= 4 is 67.7 Å². The zero-order valence-corrected chi connectivity index (χ0v) is 13.5. The summed E-state index contributed by atoms with van der Waals surface area (Å²) in [5, 5.41) is 4.40. The second-order valence-electron chi connectivity index (χ2n) is 3.81. The predicted molar refractivity (Wildman–Crippen MR) is 89.8 cm³/mol. The maximum Gasteiger partial charge on any atom is 0.105 e. The molecule has 0 heterocycles. The first-order valence-electron chi connectivity index (χ1n) is 5.29. The molecule has 2 aromatic carbocycles. The zero-order chi connectivity index (χ0) is 14.0. The average molecular weight is 376 g/mol. The molecule has 0 aliphatic carbocycles. The molecule has 0 aromatic heterocycles. The Morgan fingerprint density at radius 3 is 2.53 bits per heavy atom. The van der Waals surface area contributed by atoms with Crippen LogP contribution >= 0.6 is 51.3 Å². The van der Waals surface area contributed by atoms with Gasteiger partial charge in [0.15, 0.2) is 0 Å². The summed E-state index contributed by atoms with van der Waals surface area (Å²) in [6, 6.07) is 10.8. The van der Waals surface area contributed by atoms with Gasteiger partial charge in [0.2, 0.25) is 0 Å². The Hall–Kier alpha value is -0.810. The van der Waals surface area contributed by atoms with Crippen molar-refractivity contribution in [3.05, 3.63) is 56.5 Å². The summed E-state index contributed by atoms with van der Waals surface area (Å²) in [5.74, 6) is 0. The van der Waals surface area contributed by atoms with Crippen LogP contribution in [0, 0.1) is 0 Å². The largest absolute Gasteiger partial charge is 0.389 e. The number of halogens is 3. The quantitative estimate of drug-likeness (QED) is 0.730. The number of rotatable bonds is 3. The van der Waals surface area contributed by atoms with Gasteiger partial charge in [-0.15, -0.1) is 0 Å². The van der Waals surface area contributed by atoms with E-state index in [1.54, 1.807) is 18.2 Å². The number of anilines is 2. The minimum atomic E-state index is 0.346. The fourth-order valence-corrected chi connectivity index (χ4v) is 2.78. The van der Waals surface area contributed by atoms with Crippen LogP contribution in [0.3, 0.4) is 0 Å². The van der Waals surface area contributed by atoms with Crippen LogP contribution < -0.4 is 11.1 Å². The molecule has 6 heteroatoms. The highest BCUT2D eigenvalue weighted by molar-refractivity contribution is 9.10. The minimum absolute atomic E-state index is 0.346. The van der Waals surface area contributed by atoms with Crippen molar-refractivity contribution in [3.63, 3.8) is 0 Å². The molecule has 0 fully saturated rings. The summed E-state index contributed by atoms with van der Waals surface area (Å²) < 4.78 is 0.822. The van der Waals surface area contributed by atoms with Crippen LogP contribution in [0.15, 0.2) is 40.9 Å². The molecule has 0 aliphatic rings. The van der Waals surface area contributed by atoms with Gasteiger partial charge in [-0.3, -0.25) is 0 Å². The molecular formula is C13H9BrCl2N2S. The Morgan fingerprint density at radius 2 is 1.89 bits per heavy atom. The van der Waals surface area contributed by atoms with Crippen LogP contribution in [0.2, 0.25) is 10.0 Å². The van der Waals surface area contributed by atoms with Crippen molar-refractivity contribution in [1.82, 2.24) is 0 Å². The summed E-state index contributed by atoms with van der Waals surface area (Å²) in [7, 11) is 0. The van der Waals surface area contributed by atoms with E-state index < -0.39 is 0 Å². The molecule has 0 amide bonds. The Kier molecular flexibility index (Phi) is 4.68. The van der Waals surface area contributed by atoms with Crippen LogP contribution in [0.25, 0.3) is 0 Å². The number of benzene rings is 2. The summed E-state index contributed by atoms with van der Waals surface area (Å²) in [4.78, 5) is 0.346. The van der Waals surface area contributed by atoms with Gasteiger partial charge in [0, 0.05) is 20.7 Å². The number of hydrogen-bond donors (Lipinski definition) is 2. The highest BCUT2D eigenvalue weighted by atomic mass is 79.9. The summed E-state index contributed by atoms with van der Waals surface area (Å²) >= 11 is 20.4. The minimum Gasteiger partial charge on any atom is -0.389 e. The fraction of sp³-hybridized carbons (Fsp3) is 0. The highest BCUT2D eigenvalue weighted by Gasteiger charge is 2.06. The number of nitrogens with one attached hydrogen (secondary N) is 1. The van der Waals surface area contributed by atoms with E-state index >= 15 is 0 Å². The zero-order valence-electron chi connectivity index (χ0n) is 9.58. The average Bonchev–Trinajstić information content (AvgIpc) is 2.33. The fourth-order valence-electron chi connectivity index (χ4n) is 1.54. The Balaban J connectivity index is 2.31. The van der Waals surface area contributed by atoms with E-state index in [-0.39, 0.29) is 0 Å². The monoisotopic (exact) mass is 374 g/mol. The molecule has 0 saturated carbocycles. The van der Waals surface area contributed by atoms with Gasteiger partial charge in [0.25, 0.3) is 0 Å². The van der Waals surface area contributed by atoms with E-state index in [1.165, 1.54) is 0 Å². The SMILES string of the molecule is NC(=S)c1ccc(Nc2cc(Cl)ccc2Cl)cc1Br. The normalized spacial score (nSPS) is 10.3. The third-order valence-corrected chi connectivity index (χ3v) is 3.88. The highest BCUT2D eigenvalue weighted by Crippen LogP contribution is 2.30. The van der Waals surface area contributed by atoms with Crippen LogP contribution in [-0.2, 0) is 0 Å². The molecule has 19 heavy (non-hydrogen) atoms. The summed E-state index contributed by atoms with van der Waals surface area (Å²) in [5.41, 5.74) is 7.99. The van der Waals surface area contributed by atoms with Crippen LogP contribution in [0.4, 0.5) is 11.4 Å². The second kappa shape index (κ2) is 6.09. The number of nitrogens with two attached hydrogens (primary N) is 1. The van der Waals surface area contributed by atoms with Crippen molar-refractivity contribution < 1.29 is 0 Å². The Morgan fingerprint density at radius 1 is 1.16 bits per heavy atom. The first-order valence-corrected chi connectivity index (χ1v) is 7.24. The van der Waals surface area contributed by atoms with Gasteiger partial charge < -0.3 is 11.1 Å². The van der Waals surface area contributed by atoms with Crippen molar-refractivity contribution in [2.45, 2.75) is 0 Å². The molecule has 0 spiro atoms. The smallest absolute Gasteiger partial charge is 0.105 e. The van der Waals surface area contributed by atoms with E-state index in [0.717, 1.165) is 21.4 Å². The molecule has 3 N–H and O–H groups in total. The molecule has 0 unspecified atom stereocenters. The van der Waals surface area contributed by atoms with E-state index in [1.807, 2.05) is 18.2 Å². The van der Waals surface area contributed by atoms with E-state index in [0.29, 0.717) is 15.0 Å². The molecule has 0 radical (unpaired) electrons. The standard InChI is InChI=1S/C13H9BrCl2N2S/c14-10-6-8(2-3-9(10)13(17)19)18-12-5-7(15)1-4-11(12)16/h1-6,18H,(H2,17,19). The third-order valence-electron chi connectivity index (χ3n) is 2.44. The van der Waals surface area contributed by atoms with Crippen molar-refractivity contribution in [2.24, 2.45) is 5.73 Å².